The van der Waals surface area contributed by atoms with Gasteiger partial charge in [0.15, 0.2) is 11.5 Å². The van der Waals surface area contributed by atoms with Gasteiger partial charge in [-0.3, -0.25) is 4.79 Å². The Morgan fingerprint density at radius 1 is 0.912 bits per heavy atom. The maximum absolute atomic E-state index is 13.0. The van der Waals surface area contributed by atoms with Crippen molar-refractivity contribution in [3.63, 3.8) is 0 Å². The van der Waals surface area contributed by atoms with Crippen molar-refractivity contribution in [3.8, 4) is 17.2 Å². The van der Waals surface area contributed by atoms with Gasteiger partial charge in [-0.2, -0.15) is 8.42 Å². The minimum atomic E-state index is -4.10. The fourth-order valence-electron chi connectivity index (χ4n) is 3.19. The molecule has 0 heterocycles. The van der Waals surface area contributed by atoms with Crippen molar-refractivity contribution < 1.29 is 26.9 Å². The van der Waals surface area contributed by atoms with Gasteiger partial charge in [-0.05, 0) is 61.5 Å². The van der Waals surface area contributed by atoms with Crippen LogP contribution in [0.2, 0.25) is 0 Å². The topological polar surface area (TPSA) is 85.4 Å². The molecule has 0 unspecified atom stereocenters. The van der Waals surface area contributed by atoms with Crippen molar-refractivity contribution in [2.45, 2.75) is 38.6 Å². The fraction of sp³-hybridized carbons (Fsp3) is 0.480. The average molecular weight is 493 g/mol. The summed E-state index contributed by atoms with van der Waals surface area (Å²) in [6.07, 6.45) is 0.409. The van der Waals surface area contributed by atoms with E-state index in [4.69, 9.17) is 13.7 Å². The summed E-state index contributed by atoms with van der Waals surface area (Å²) in [6, 6.07) is 11.0. The van der Waals surface area contributed by atoms with Gasteiger partial charge in [0.1, 0.15) is 10.6 Å². The third-order valence-electron chi connectivity index (χ3n) is 5.00. The predicted molar refractivity (Wildman–Crippen MR) is 132 cm³/mol. The van der Waals surface area contributed by atoms with E-state index in [1.54, 1.807) is 35.2 Å². The van der Waals surface area contributed by atoms with Crippen molar-refractivity contribution in [1.82, 2.24) is 9.80 Å². The van der Waals surface area contributed by atoms with Crippen LogP contribution in [0, 0.1) is 5.41 Å². The van der Waals surface area contributed by atoms with Crippen molar-refractivity contribution in [3.05, 3.63) is 48.0 Å². The highest BCUT2D eigenvalue weighted by molar-refractivity contribution is 7.87. The monoisotopic (exact) mass is 492 g/mol. The molecule has 0 aromatic heterocycles. The standard InChI is InChI=1S/C25H36N2O6S/c1-25(2,3)17-24(28)27(15-14-26(4)5)18-19-8-13-22(32-7)23(16-19)33-34(29,30)21-11-9-20(31-6)10-12-21/h8-13,16H,14-15,17-18H2,1-7H3. The number of rotatable bonds is 11. The van der Waals surface area contributed by atoms with Crippen molar-refractivity contribution >= 4 is 16.0 Å². The van der Waals surface area contributed by atoms with Gasteiger partial charge >= 0.3 is 10.1 Å². The first-order valence-electron chi connectivity index (χ1n) is 11.0. The number of hydrogen-bond donors (Lipinski definition) is 0. The van der Waals surface area contributed by atoms with Gasteiger partial charge in [0, 0.05) is 26.1 Å². The lowest BCUT2D eigenvalue weighted by Gasteiger charge is -2.28. The summed E-state index contributed by atoms with van der Waals surface area (Å²) in [5.74, 6) is 0.920. The minimum Gasteiger partial charge on any atom is -0.497 e. The molecule has 9 heteroatoms. The quantitative estimate of drug-likeness (QED) is 0.441. The van der Waals surface area contributed by atoms with E-state index >= 15 is 0 Å². The molecule has 0 saturated heterocycles. The first kappa shape index (κ1) is 27.5. The minimum absolute atomic E-state index is 0.00581. The van der Waals surface area contributed by atoms with Gasteiger partial charge in [-0.15, -0.1) is 0 Å². The number of carbonyl (C=O) groups excluding carboxylic acids is 1. The molecule has 0 aliphatic carbocycles. The highest BCUT2D eigenvalue weighted by Gasteiger charge is 2.23. The van der Waals surface area contributed by atoms with Gasteiger partial charge < -0.3 is 23.5 Å². The number of amides is 1. The van der Waals surface area contributed by atoms with Crippen LogP contribution < -0.4 is 13.7 Å². The molecule has 0 atom stereocenters. The van der Waals surface area contributed by atoms with E-state index in [-0.39, 0.29) is 27.7 Å². The Hall–Kier alpha value is -2.78. The molecule has 0 radical (unpaired) electrons. The molecular weight excluding hydrogens is 456 g/mol. The van der Waals surface area contributed by atoms with E-state index in [1.807, 2.05) is 39.8 Å². The zero-order chi connectivity index (χ0) is 25.5. The molecule has 0 fully saturated rings. The molecule has 34 heavy (non-hydrogen) atoms. The summed E-state index contributed by atoms with van der Waals surface area (Å²) in [4.78, 5) is 16.8. The van der Waals surface area contributed by atoms with Gasteiger partial charge in [0.05, 0.1) is 14.2 Å². The van der Waals surface area contributed by atoms with E-state index in [0.29, 0.717) is 31.8 Å². The average Bonchev–Trinajstić information content (AvgIpc) is 2.75. The summed E-state index contributed by atoms with van der Waals surface area (Å²) in [7, 11) is 2.75. The molecule has 0 aliphatic heterocycles. The molecule has 0 N–H and O–H groups in total. The summed E-state index contributed by atoms with van der Waals surface area (Å²) >= 11 is 0. The second kappa shape index (κ2) is 11.6. The maximum atomic E-state index is 13.0. The van der Waals surface area contributed by atoms with Gasteiger partial charge in [0.2, 0.25) is 5.91 Å². The van der Waals surface area contributed by atoms with Crippen LogP contribution in [-0.4, -0.2) is 65.5 Å². The van der Waals surface area contributed by atoms with Gasteiger partial charge in [-0.1, -0.05) is 26.8 Å². The summed E-state index contributed by atoms with van der Waals surface area (Å²) in [5, 5.41) is 0. The largest absolute Gasteiger partial charge is 0.497 e. The fourth-order valence-corrected chi connectivity index (χ4v) is 4.12. The van der Waals surface area contributed by atoms with E-state index in [1.165, 1.54) is 26.4 Å². The van der Waals surface area contributed by atoms with Crippen molar-refractivity contribution in [2.24, 2.45) is 5.41 Å². The van der Waals surface area contributed by atoms with Crippen LogP contribution in [-0.2, 0) is 21.5 Å². The van der Waals surface area contributed by atoms with Crippen LogP contribution >= 0.6 is 0 Å². The van der Waals surface area contributed by atoms with Crippen molar-refractivity contribution in [2.75, 3.05) is 41.4 Å². The highest BCUT2D eigenvalue weighted by atomic mass is 32.2. The van der Waals surface area contributed by atoms with Gasteiger partial charge in [-0.25, -0.2) is 0 Å². The Bertz CT molecular complexity index is 1060. The van der Waals surface area contributed by atoms with Crippen molar-refractivity contribution in [1.29, 1.82) is 0 Å². The molecule has 0 spiro atoms. The Balaban J connectivity index is 2.31. The maximum Gasteiger partial charge on any atom is 0.339 e. The molecule has 188 valence electrons. The van der Waals surface area contributed by atoms with Crippen LogP contribution in [0.1, 0.15) is 32.8 Å². The van der Waals surface area contributed by atoms with Crippen LogP contribution in [0.3, 0.4) is 0 Å². The SMILES string of the molecule is COc1ccc(S(=O)(=O)Oc2cc(CN(CCN(C)C)C(=O)CC(C)(C)C)ccc2OC)cc1. The summed E-state index contributed by atoms with van der Waals surface area (Å²) in [6.45, 7) is 7.66. The van der Waals surface area contributed by atoms with Crippen LogP contribution in [0.4, 0.5) is 0 Å². The molecular formula is C25H36N2O6S. The second-order valence-electron chi connectivity index (χ2n) is 9.55. The Kier molecular flexibility index (Phi) is 9.35. The molecule has 2 aromatic rings. The number of nitrogens with zero attached hydrogens (tertiary/aromatic N) is 2. The third kappa shape index (κ3) is 8.22. The van der Waals surface area contributed by atoms with Crippen LogP contribution in [0.25, 0.3) is 0 Å². The molecule has 2 aromatic carbocycles. The number of hydrogen-bond acceptors (Lipinski definition) is 7. The van der Waals surface area contributed by atoms with E-state index in [9.17, 15) is 13.2 Å². The normalized spacial score (nSPS) is 11.9. The number of methoxy groups -OCH3 is 2. The number of benzene rings is 2. The molecule has 2 rings (SSSR count). The van der Waals surface area contributed by atoms with Crippen LogP contribution in [0.15, 0.2) is 47.4 Å². The highest BCUT2D eigenvalue weighted by Crippen LogP contribution is 2.32. The zero-order valence-corrected chi connectivity index (χ0v) is 21.9. The van der Waals surface area contributed by atoms with Gasteiger partial charge in [0.25, 0.3) is 0 Å². The third-order valence-corrected chi connectivity index (χ3v) is 6.25. The molecule has 1 amide bonds. The number of likely N-dealkylation sites (N-methyl/N-ethyl adjacent to an activating group) is 1. The Labute approximate surface area is 203 Å². The van der Waals surface area contributed by atoms with E-state index in [2.05, 4.69) is 0 Å². The molecule has 0 bridgehead atoms. The first-order valence-corrected chi connectivity index (χ1v) is 12.4. The lowest BCUT2D eigenvalue weighted by Crippen LogP contribution is -2.37. The van der Waals surface area contributed by atoms with E-state index in [0.717, 1.165) is 5.56 Å². The number of ether oxygens (including phenoxy) is 2. The first-order chi connectivity index (χ1) is 15.8. The smallest absolute Gasteiger partial charge is 0.339 e. The lowest BCUT2D eigenvalue weighted by atomic mass is 9.91. The predicted octanol–water partition coefficient (Wildman–Crippen LogP) is 3.80. The van der Waals surface area contributed by atoms with Crippen LogP contribution in [0.5, 0.6) is 17.2 Å². The summed E-state index contributed by atoms with van der Waals surface area (Å²) in [5.41, 5.74) is 0.593. The molecule has 8 nitrogen and oxygen atoms in total. The Morgan fingerprint density at radius 3 is 2.09 bits per heavy atom. The van der Waals surface area contributed by atoms with E-state index < -0.39 is 10.1 Å². The second-order valence-corrected chi connectivity index (χ2v) is 11.1. The number of carbonyl (C=O) groups is 1. The zero-order valence-electron chi connectivity index (χ0n) is 21.1. The lowest BCUT2D eigenvalue weighted by molar-refractivity contribution is -0.133. The Morgan fingerprint density at radius 2 is 1.56 bits per heavy atom. The summed E-state index contributed by atoms with van der Waals surface area (Å²) < 4.78 is 41.6. The molecule has 0 saturated carbocycles. The molecule has 0 aliphatic rings.